The van der Waals surface area contributed by atoms with E-state index < -0.39 is 0 Å². The van der Waals surface area contributed by atoms with Gasteiger partial charge in [0.05, 0.1) is 30.9 Å². The zero-order chi connectivity index (χ0) is 16.3. The van der Waals surface area contributed by atoms with Gasteiger partial charge in [-0.3, -0.25) is 4.90 Å². The molecule has 3 atom stereocenters. The van der Waals surface area contributed by atoms with Crippen molar-refractivity contribution >= 4 is 12.0 Å². The lowest BCUT2D eigenvalue weighted by molar-refractivity contribution is -0.139. The van der Waals surface area contributed by atoms with Crippen LogP contribution in [0.5, 0.6) is 0 Å². The maximum Gasteiger partial charge on any atom is 0.337 e. The molecule has 2 amide bonds. The van der Waals surface area contributed by atoms with E-state index in [0.717, 1.165) is 6.54 Å². The smallest absolute Gasteiger partial charge is 0.337 e. The molecule has 2 heterocycles. The predicted molar refractivity (Wildman–Crippen MR) is 81.2 cm³/mol. The summed E-state index contributed by atoms with van der Waals surface area (Å²) >= 11 is 0. The summed E-state index contributed by atoms with van der Waals surface area (Å²) in [6, 6.07) is -0.421. The van der Waals surface area contributed by atoms with Crippen molar-refractivity contribution in [2.75, 3.05) is 26.3 Å². The molecule has 1 fully saturated rings. The molecule has 124 valence electrons. The van der Waals surface area contributed by atoms with Crippen LogP contribution in [0.1, 0.15) is 27.7 Å². The molecule has 0 aromatic heterocycles. The minimum atomic E-state index is -0.383. The summed E-state index contributed by atoms with van der Waals surface area (Å²) in [4.78, 5) is 26.2. The van der Waals surface area contributed by atoms with Crippen molar-refractivity contribution in [2.24, 2.45) is 0 Å². The van der Waals surface area contributed by atoms with Crippen LogP contribution >= 0.6 is 0 Å². The Kier molecular flexibility index (Phi) is 5.42. The van der Waals surface area contributed by atoms with Crippen molar-refractivity contribution in [2.45, 2.75) is 45.9 Å². The SMILES string of the molecule is CCOC(=O)C1=C(CN2C[C@H](C)OC[C@@H]2C)NC(=O)N[C@H]1C. The van der Waals surface area contributed by atoms with Crippen molar-refractivity contribution in [3.05, 3.63) is 11.3 Å². The van der Waals surface area contributed by atoms with Crippen molar-refractivity contribution in [3.8, 4) is 0 Å². The van der Waals surface area contributed by atoms with E-state index in [1.165, 1.54) is 0 Å². The van der Waals surface area contributed by atoms with E-state index in [1.807, 2.05) is 6.92 Å². The second-order valence-corrected chi connectivity index (χ2v) is 5.86. The fourth-order valence-corrected chi connectivity index (χ4v) is 2.80. The van der Waals surface area contributed by atoms with Gasteiger partial charge in [-0.2, -0.15) is 0 Å². The Balaban J connectivity index is 2.23. The molecule has 22 heavy (non-hydrogen) atoms. The number of ether oxygens (including phenoxy) is 2. The van der Waals surface area contributed by atoms with E-state index in [2.05, 4.69) is 22.5 Å². The van der Waals surface area contributed by atoms with Gasteiger partial charge in [-0.15, -0.1) is 0 Å². The first-order valence-electron chi connectivity index (χ1n) is 7.75. The van der Waals surface area contributed by atoms with Gasteiger partial charge in [0.2, 0.25) is 0 Å². The average Bonchev–Trinajstić information content (AvgIpc) is 2.42. The topological polar surface area (TPSA) is 79.9 Å². The van der Waals surface area contributed by atoms with Crippen molar-refractivity contribution < 1.29 is 19.1 Å². The first-order valence-corrected chi connectivity index (χ1v) is 7.75. The minimum Gasteiger partial charge on any atom is -0.463 e. The van der Waals surface area contributed by atoms with Gasteiger partial charge in [-0.25, -0.2) is 9.59 Å². The molecule has 0 spiro atoms. The molecule has 0 bridgehead atoms. The Morgan fingerprint density at radius 3 is 2.82 bits per heavy atom. The molecule has 0 aliphatic carbocycles. The van der Waals surface area contributed by atoms with Gasteiger partial charge < -0.3 is 20.1 Å². The third-order valence-electron chi connectivity index (χ3n) is 3.96. The second-order valence-electron chi connectivity index (χ2n) is 5.86. The van der Waals surface area contributed by atoms with Crippen molar-refractivity contribution in [3.63, 3.8) is 0 Å². The van der Waals surface area contributed by atoms with Gasteiger partial charge in [-0.05, 0) is 27.7 Å². The summed E-state index contributed by atoms with van der Waals surface area (Å²) in [7, 11) is 0. The molecular weight excluding hydrogens is 286 g/mol. The highest BCUT2D eigenvalue weighted by molar-refractivity contribution is 5.94. The van der Waals surface area contributed by atoms with Crippen LogP contribution < -0.4 is 10.6 Å². The van der Waals surface area contributed by atoms with E-state index in [9.17, 15) is 9.59 Å². The van der Waals surface area contributed by atoms with Crippen LogP contribution in [0.4, 0.5) is 4.79 Å². The maximum atomic E-state index is 12.2. The lowest BCUT2D eigenvalue weighted by atomic mass is 10.0. The number of hydrogen-bond donors (Lipinski definition) is 2. The largest absolute Gasteiger partial charge is 0.463 e. The lowest BCUT2D eigenvalue weighted by Gasteiger charge is -2.38. The van der Waals surface area contributed by atoms with E-state index in [-0.39, 0.29) is 30.2 Å². The summed E-state index contributed by atoms with van der Waals surface area (Å²) < 4.78 is 10.7. The zero-order valence-corrected chi connectivity index (χ0v) is 13.6. The Labute approximate surface area is 131 Å². The molecule has 0 unspecified atom stereocenters. The summed E-state index contributed by atoms with van der Waals surface area (Å²) in [5.41, 5.74) is 1.11. The van der Waals surface area contributed by atoms with Crippen LogP contribution in [-0.4, -0.2) is 61.4 Å². The van der Waals surface area contributed by atoms with Gasteiger partial charge >= 0.3 is 12.0 Å². The number of nitrogens with one attached hydrogen (secondary N) is 2. The highest BCUT2D eigenvalue weighted by Crippen LogP contribution is 2.18. The van der Waals surface area contributed by atoms with Gasteiger partial charge in [-0.1, -0.05) is 0 Å². The molecule has 2 aliphatic heterocycles. The quantitative estimate of drug-likeness (QED) is 0.744. The molecule has 0 aromatic carbocycles. The fourth-order valence-electron chi connectivity index (χ4n) is 2.80. The molecule has 0 radical (unpaired) electrons. The number of nitrogens with zero attached hydrogens (tertiary/aromatic N) is 1. The molecular formula is C15H25N3O4. The van der Waals surface area contributed by atoms with Gasteiger partial charge in [0.25, 0.3) is 0 Å². The Bertz CT molecular complexity index is 477. The summed E-state index contributed by atoms with van der Waals surface area (Å²) in [6.45, 7) is 9.86. The molecule has 0 aromatic rings. The van der Waals surface area contributed by atoms with E-state index in [1.54, 1.807) is 13.8 Å². The van der Waals surface area contributed by atoms with Crippen molar-refractivity contribution in [1.29, 1.82) is 0 Å². The second kappa shape index (κ2) is 7.11. The normalized spacial score (nSPS) is 29.8. The van der Waals surface area contributed by atoms with E-state index in [0.29, 0.717) is 31.0 Å². The number of rotatable bonds is 4. The molecule has 2 rings (SSSR count). The number of esters is 1. The van der Waals surface area contributed by atoms with Gasteiger partial charge in [0.15, 0.2) is 0 Å². The standard InChI is InChI=1S/C15H25N3O4/c1-5-21-14(19)13-11(4)16-15(20)17-12(13)7-18-6-10(3)22-8-9(18)2/h9-11H,5-8H2,1-4H3,(H2,16,17,20)/t9-,10-,11-/m0/s1. The van der Waals surface area contributed by atoms with E-state index >= 15 is 0 Å². The lowest BCUT2D eigenvalue weighted by Crippen LogP contribution is -2.54. The maximum absolute atomic E-state index is 12.2. The highest BCUT2D eigenvalue weighted by atomic mass is 16.5. The number of morpholine rings is 1. The third-order valence-corrected chi connectivity index (χ3v) is 3.96. The zero-order valence-electron chi connectivity index (χ0n) is 13.6. The molecule has 7 heteroatoms. The van der Waals surface area contributed by atoms with Crippen LogP contribution in [0.2, 0.25) is 0 Å². The molecule has 2 N–H and O–H groups in total. The van der Waals surface area contributed by atoms with Crippen LogP contribution in [0.25, 0.3) is 0 Å². The number of hydrogen-bond acceptors (Lipinski definition) is 5. The number of carbonyl (C=O) groups excluding carboxylic acids is 2. The van der Waals surface area contributed by atoms with Crippen LogP contribution in [0, 0.1) is 0 Å². The first kappa shape index (κ1) is 16.8. The summed E-state index contributed by atoms with van der Waals surface area (Å²) in [5, 5.41) is 5.47. The molecule has 2 aliphatic rings. The summed E-state index contributed by atoms with van der Waals surface area (Å²) in [5.74, 6) is -0.383. The Morgan fingerprint density at radius 1 is 1.41 bits per heavy atom. The monoisotopic (exact) mass is 311 g/mol. The van der Waals surface area contributed by atoms with Gasteiger partial charge in [0.1, 0.15) is 0 Å². The first-order chi connectivity index (χ1) is 10.4. The Hall–Kier alpha value is -1.60. The van der Waals surface area contributed by atoms with Crippen molar-refractivity contribution in [1.82, 2.24) is 15.5 Å². The average molecular weight is 311 g/mol. The fraction of sp³-hybridized carbons (Fsp3) is 0.733. The summed E-state index contributed by atoms with van der Waals surface area (Å²) in [6.07, 6.45) is 0.137. The van der Waals surface area contributed by atoms with Crippen LogP contribution in [0.15, 0.2) is 11.3 Å². The Morgan fingerprint density at radius 2 is 2.14 bits per heavy atom. The van der Waals surface area contributed by atoms with E-state index in [4.69, 9.17) is 9.47 Å². The van der Waals surface area contributed by atoms with Gasteiger partial charge in [0, 0.05) is 24.8 Å². The molecule has 0 saturated carbocycles. The predicted octanol–water partition coefficient (Wildman–Crippen LogP) is 0.614. The van der Waals surface area contributed by atoms with Crippen LogP contribution in [0.3, 0.4) is 0 Å². The number of urea groups is 1. The minimum absolute atomic E-state index is 0.137. The molecule has 7 nitrogen and oxygen atoms in total. The highest BCUT2D eigenvalue weighted by Gasteiger charge is 2.32. The number of carbonyl (C=O) groups is 2. The number of amides is 2. The van der Waals surface area contributed by atoms with Crippen LogP contribution in [-0.2, 0) is 14.3 Å². The molecule has 1 saturated heterocycles. The third kappa shape index (κ3) is 3.78.